The summed E-state index contributed by atoms with van der Waals surface area (Å²) in [6, 6.07) is 5.86. The van der Waals surface area contributed by atoms with Crippen molar-refractivity contribution < 1.29 is 9.53 Å². The minimum absolute atomic E-state index is 0.0287. The van der Waals surface area contributed by atoms with Gasteiger partial charge in [-0.1, -0.05) is 6.07 Å². The van der Waals surface area contributed by atoms with Gasteiger partial charge in [-0.05, 0) is 30.7 Å². The van der Waals surface area contributed by atoms with Crippen molar-refractivity contribution in [3.05, 3.63) is 29.3 Å². The third-order valence-electron chi connectivity index (χ3n) is 4.05. The molecule has 2 atom stereocenters. The number of hydrogen-bond acceptors (Lipinski definition) is 3. The van der Waals surface area contributed by atoms with Gasteiger partial charge in [0.05, 0.1) is 7.11 Å². The predicted molar refractivity (Wildman–Crippen MR) is 69.1 cm³/mol. The van der Waals surface area contributed by atoms with Gasteiger partial charge in [-0.2, -0.15) is 0 Å². The fraction of sp³-hybridized carbons (Fsp3) is 0.500. The smallest absolute Gasteiger partial charge is 0.251 e. The number of amides is 1. The number of fused-ring (bicyclic) bond motifs is 3. The van der Waals surface area contributed by atoms with E-state index in [-0.39, 0.29) is 5.91 Å². The van der Waals surface area contributed by atoms with E-state index in [1.165, 1.54) is 5.56 Å². The van der Waals surface area contributed by atoms with E-state index >= 15 is 0 Å². The number of likely N-dealkylation sites (N-methyl/N-ethyl adjacent to an activating group) is 1. The quantitative estimate of drug-likeness (QED) is 0.806. The van der Waals surface area contributed by atoms with Crippen molar-refractivity contribution >= 4 is 5.91 Å². The van der Waals surface area contributed by atoms with E-state index in [1.54, 1.807) is 7.11 Å². The number of rotatable bonds is 1. The summed E-state index contributed by atoms with van der Waals surface area (Å²) in [4.78, 5) is 14.4. The van der Waals surface area contributed by atoms with Gasteiger partial charge in [0, 0.05) is 31.1 Å². The molecule has 0 spiro atoms. The van der Waals surface area contributed by atoms with E-state index in [0.717, 1.165) is 30.9 Å². The molecule has 1 N–H and O–H groups in total. The van der Waals surface area contributed by atoms with Crippen LogP contribution in [0.5, 0.6) is 5.75 Å². The van der Waals surface area contributed by atoms with E-state index in [4.69, 9.17) is 4.74 Å². The Morgan fingerprint density at radius 2 is 2.22 bits per heavy atom. The zero-order chi connectivity index (χ0) is 12.7. The van der Waals surface area contributed by atoms with E-state index in [0.29, 0.717) is 11.8 Å². The number of ether oxygens (including phenoxy) is 1. The number of nitrogens with zero attached hydrogens (tertiary/aromatic N) is 1. The average molecular weight is 246 g/mol. The highest BCUT2D eigenvalue weighted by Gasteiger charge is 2.36. The summed E-state index contributed by atoms with van der Waals surface area (Å²) in [7, 11) is 3.77. The van der Waals surface area contributed by atoms with Crippen LogP contribution in [-0.2, 0) is 0 Å². The number of nitrogens with one attached hydrogen (secondary N) is 1. The standard InChI is InChI=1S/C14H18N2O2/c1-16-7-9-6-15-14(17)12-5-10(18-2)3-4-11(12)13(9)8-16/h3-5,9,13H,6-8H2,1-2H3,(H,15,17)/t9-,13-/m0/s1. The second kappa shape index (κ2) is 4.28. The molecule has 0 bridgehead atoms. The minimum atomic E-state index is 0.0287. The van der Waals surface area contributed by atoms with E-state index in [1.807, 2.05) is 12.1 Å². The highest BCUT2D eigenvalue weighted by Crippen LogP contribution is 2.36. The van der Waals surface area contributed by atoms with E-state index in [9.17, 15) is 4.79 Å². The minimum Gasteiger partial charge on any atom is -0.497 e. The maximum Gasteiger partial charge on any atom is 0.251 e. The highest BCUT2D eigenvalue weighted by molar-refractivity contribution is 5.96. The number of likely N-dealkylation sites (tertiary alicyclic amines) is 1. The molecule has 4 heteroatoms. The van der Waals surface area contributed by atoms with Crippen LogP contribution >= 0.6 is 0 Å². The van der Waals surface area contributed by atoms with Gasteiger partial charge in [-0.25, -0.2) is 0 Å². The van der Waals surface area contributed by atoms with Crippen molar-refractivity contribution in [3.63, 3.8) is 0 Å². The molecule has 2 aliphatic heterocycles. The summed E-state index contributed by atoms with van der Waals surface area (Å²) < 4.78 is 5.21. The van der Waals surface area contributed by atoms with Crippen molar-refractivity contribution in [2.75, 3.05) is 33.8 Å². The van der Waals surface area contributed by atoms with Crippen molar-refractivity contribution in [2.45, 2.75) is 5.92 Å². The Labute approximate surface area is 107 Å². The van der Waals surface area contributed by atoms with Crippen molar-refractivity contribution in [3.8, 4) is 5.75 Å². The molecule has 1 fully saturated rings. The Bertz CT molecular complexity index is 487. The van der Waals surface area contributed by atoms with Crippen LogP contribution in [0.3, 0.4) is 0 Å². The number of carbonyl (C=O) groups excluding carboxylic acids is 1. The number of methoxy groups -OCH3 is 1. The summed E-state index contributed by atoms with van der Waals surface area (Å²) in [6.07, 6.45) is 0. The number of carbonyl (C=O) groups is 1. The normalized spacial score (nSPS) is 27.1. The summed E-state index contributed by atoms with van der Waals surface area (Å²) in [5, 5.41) is 3.02. The SMILES string of the molecule is COc1ccc2c(c1)C(=O)NC[C@H]1CN(C)C[C@H]21. The molecule has 0 aliphatic carbocycles. The molecule has 0 saturated carbocycles. The summed E-state index contributed by atoms with van der Waals surface area (Å²) in [5.74, 6) is 1.75. The molecule has 3 rings (SSSR count). The first-order valence-electron chi connectivity index (χ1n) is 6.33. The Hall–Kier alpha value is -1.55. The van der Waals surface area contributed by atoms with Crippen LogP contribution in [0.1, 0.15) is 21.8 Å². The van der Waals surface area contributed by atoms with Gasteiger partial charge in [0.15, 0.2) is 0 Å². The monoisotopic (exact) mass is 246 g/mol. The van der Waals surface area contributed by atoms with Crippen LogP contribution < -0.4 is 10.1 Å². The average Bonchev–Trinajstić information content (AvgIpc) is 2.70. The van der Waals surface area contributed by atoms with Crippen molar-refractivity contribution in [1.82, 2.24) is 10.2 Å². The fourth-order valence-corrected chi connectivity index (χ4v) is 3.15. The molecular formula is C14H18N2O2. The zero-order valence-electron chi connectivity index (χ0n) is 10.8. The van der Waals surface area contributed by atoms with Crippen LogP contribution in [0.2, 0.25) is 0 Å². The molecular weight excluding hydrogens is 228 g/mol. The maximum atomic E-state index is 12.1. The van der Waals surface area contributed by atoms with E-state index < -0.39 is 0 Å². The summed E-state index contributed by atoms with van der Waals surface area (Å²) in [5.41, 5.74) is 1.94. The number of hydrogen-bond donors (Lipinski definition) is 1. The number of benzene rings is 1. The molecule has 0 unspecified atom stereocenters. The Morgan fingerprint density at radius 3 is 3.00 bits per heavy atom. The van der Waals surface area contributed by atoms with Crippen LogP contribution in [0.25, 0.3) is 0 Å². The molecule has 1 aromatic rings. The molecule has 4 nitrogen and oxygen atoms in total. The first-order chi connectivity index (χ1) is 8.69. The molecule has 0 radical (unpaired) electrons. The second-order valence-electron chi connectivity index (χ2n) is 5.25. The molecule has 0 aromatic heterocycles. The second-order valence-corrected chi connectivity index (χ2v) is 5.25. The predicted octanol–water partition coefficient (Wildman–Crippen LogP) is 1.08. The topological polar surface area (TPSA) is 41.6 Å². The lowest BCUT2D eigenvalue weighted by atomic mass is 9.87. The molecule has 1 saturated heterocycles. The van der Waals surface area contributed by atoms with Crippen molar-refractivity contribution in [1.29, 1.82) is 0 Å². The Morgan fingerprint density at radius 1 is 1.39 bits per heavy atom. The lowest BCUT2D eigenvalue weighted by Crippen LogP contribution is -2.29. The zero-order valence-corrected chi connectivity index (χ0v) is 10.8. The van der Waals surface area contributed by atoms with Crippen molar-refractivity contribution in [2.24, 2.45) is 5.92 Å². The molecule has 1 amide bonds. The lowest BCUT2D eigenvalue weighted by molar-refractivity contribution is 0.0951. The largest absolute Gasteiger partial charge is 0.497 e. The van der Waals surface area contributed by atoms with Crippen LogP contribution in [0.15, 0.2) is 18.2 Å². The van der Waals surface area contributed by atoms with Crippen LogP contribution in [0.4, 0.5) is 0 Å². The van der Waals surface area contributed by atoms with Gasteiger partial charge < -0.3 is 15.0 Å². The van der Waals surface area contributed by atoms with E-state index in [2.05, 4.69) is 23.3 Å². The third kappa shape index (κ3) is 1.77. The molecule has 2 heterocycles. The third-order valence-corrected chi connectivity index (χ3v) is 4.05. The summed E-state index contributed by atoms with van der Waals surface area (Å²) in [6.45, 7) is 2.85. The highest BCUT2D eigenvalue weighted by atomic mass is 16.5. The van der Waals surface area contributed by atoms with Gasteiger partial charge in [0.1, 0.15) is 5.75 Å². The lowest BCUT2D eigenvalue weighted by Gasteiger charge is -2.16. The van der Waals surface area contributed by atoms with Gasteiger partial charge in [0.2, 0.25) is 0 Å². The molecule has 1 aromatic carbocycles. The van der Waals surface area contributed by atoms with Gasteiger partial charge in [0.25, 0.3) is 5.91 Å². The fourth-order valence-electron chi connectivity index (χ4n) is 3.15. The maximum absolute atomic E-state index is 12.1. The molecule has 18 heavy (non-hydrogen) atoms. The molecule has 96 valence electrons. The molecule has 2 aliphatic rings. The first-order valence-corrected chi connectivity index (χ1v) is 6.33. The van der Waals surface area contributed by atoms with Crippen LogP contribution in [0, 0.1) is 5.92 Å². The van der Waals surface area contributed by atoms with Gasteiger partial charge in [-0.3, -0.25) is 4.79 Å². The Kier molecular flexibility index (Phi) is 2.74. The van der Waals surface area contributed by atoms with Crippen LogP contribution in [-0.4, -0.2) is 44.6 Å². The first kappa shape index (κ1) is 11.5. The summed E-state index contributed by atoms with van der Waals surface area (Å²) >= 11 is 0. The van der Waals surface area contributed by atoms with Gasteiger partial charge in [-0.15, -0.1) is 0 Å². The Balaban J connectivity index is 2.06. The van der Waals surface area contributed by atoms with Gasteiger partial charge >= 0.3 is 0 Å².